The molecule has 1 aromatic heterocycles. The van der Waals surface area contributed by atoms with Gasteiger partial charge in [-0.1, -0.05) is 30.3 Å². The SMILES string of the molecule is CCOc1ccccc1NCc1csc2ccccc12. The minimum Gasteiger partial charge on any atom is -0.492 e. The second-order valence-corrected chi connectivity index (χ2v) is 5.45. The van der Waals surface area contributed by atoms with E-state index in [9.17, 15) is 0 Å². The molecule has 2 aromatic carbocycles. The lowest BCUT2D eigenvalue weighted by Gasteiger charge is -2.11. The molecule has 102 valence electrons. The van der Waals surface area contributed by atoms with E-state index in [-0.39, 0.29) is 0 Å². The minimum atomic E-state index is 0.681. The number of ether oxygens (including phenoxy) is 1. The normalized spacial score (nSPS) is 10.7. The van der Waals surface area contributed by atoms with Gasteiger partial charge in [0.2, 0.25) is 0 Å². The number of anilines is 1. The quantitative estimate of drug-likeness (QED) is 0.718. The summed E-state index contributed by atoms with van der Waals surface area (Å²) in [6.45, 7) is 3.50. The van der Waals surface area contributed by atoms with Gasteiger partial charge < -0.3 is 10.1 Å². The van der Waals surface area contributed by atoms with E-state index >= 15 is 0 Å². The molecule has 0 unspecified atom stereocenters. The van der Waals surface area contributed by atoms with Gasteiger partial charge in [0.25, 0.3) is 0 Å². The van der Waals surface area contributed by atoms with Gasteiger partial charge in [-0.15, -0.1) is 11.3 Å². The Morgan fingerprint density at radius 2 is 1.85 bits per heavy atom. The molecule has 20 heavy (non-hydrogen) atoms. The Balaban J connectivity index is 1.80. The van der Waals surface area contributed by atoms with E-state index < -0.39 is 0 Å². The molecule has 0 amide bonds. The van der Waals surface area contributed by atoms with Crippen LogP contribution < -0.4 is 10.1 Å². The maximum absolute atomic E-state index is 5.63. The van der Waals surface area contributed by atoms with Crippen molar-refractivity contribution in [1.29, 1.82) is 0 Å². The maximum atomic E-state index is 5.63. The van der Waals surface area contributed by atoms with Crippen LogP contribution in [0.4, 0.5) is 5.69 Å². The summed E-state index contributed by atoms with van der Waals surface area (Å²) in [6.07, 6.45) is 0. The lowest BCUT2D eigenvalue weighted by atomic mass is 10.2. The molecule has 3 aromatic rings. The van der Waals surface area contributed by atoms with E-state index in [2.05, 4.69) is 41.0 Å². The molecule has 2 nitrogen and oxygen atoms in total. The molecule has 1 N–H and O–H groups in total. The third kappa shape index (κ3) is 2.63. The smallest absolute Gasteiger partial charge is 0.142 e. The molecule has 3 heteroatoms. The fourth-order valence-electron chi connectivity index (χ4n) is 2.25. The van der Waals surface area contributed by atoms with Crippen LogP contribution in [0.1, 0.15) is 12.5 Å². The zero-order valence-corrected chi connectivity index (χ0v) is 12.2. The van der Waals surface area contributed by atoms with E-state index in [1.54, 1.807) is 11.3 Å². The van der Waals surface area contributed by atoms with Gasteiger partial charge in [-0.3, -0.25) is 0 Å². The van der Waals surface area contributed by atoms with Gasteiger partial charge in [-0.25, -0.2) is 0 Å². The number of para-hydroxylation sites is 2. The van der Waals surface area contributed by atoms with Gasteiger partial charge in [-0.05, 0) is 41.5 Å². The van der Waals surface area contributed by atoms with Crippen molar-refractivity contribution in [3.63, 3.8) is 0 Å². The van der Waals surface area contributed by atoms with Crippen LogP contribution in [0, 0.1) is 0 Å². The van der Waals surface area contributed by atoms with Crippen molar-refractivity contribution < 1.29 is 4.74 Å². The van der Waals surface area contributed by atoms with Gasteiger partial charge in [0.05, 0.1) is 12.3 Å². The van der Waals surface area contributed by atoms with Crippen molar-refractivity contribution in [1.82, 2.24) is 0 Å². The maximum Gasteiger partial charge on any atom is 0.142 e. The van der Waals surface area contributed by atoms with Crippen molar-refractivity contribution in [3.05, 3.63) is 59.5 Å². The lowest BCUT2D eigenvalue weighted by molar-refractivity contribution is 0.341. The van der Waals surface area contributed by atoms with Crippen molar-refractivity contribution in [2.45, 2.75) is 13.5 Å². The van der Waals surface area contributed by atoms with Crippen LogP contribution in [-0.4, -0.2) is 6.61 Å². The summed E-state index contributed by atoms with van der Waals surface area (Å²) in [5.74, 6) is 0.912. The van der Waals surface area contributed by atoms with E-state index in [1.807, 2.05) is 25.1 Å². The first kappa shape index (κ1) is 13.0. The molecule has 0 aliphatic heterocycles. The molecule has 0 bridgehead atoms. The number of benzene rings is 2. The molecule has 0 saturated heterocycles. The average molecular weight is 283 g/mol. The van der Waals surface area contributed by atoms with Crippen LogP contribution in [0.5, 0.6) is 5.75 Å². The number of thiophene rings is 1. The van der Waals surface area contributed by atoms with Crippen molar-refractivity contribution >= 4 is 27.1 Å². The summed E-state index contributed by atoms with van der Waals surface area (Å²) in [4.78, 5) is 0. The highest BCUT2D eigenvalue weighted by Crippen LogP contribution is 2.28. The highest BCUT2D eigenvalue weighted by Gasteiger charge is 2.05. The molecule has 0 radical (unpaired) electrons. The molecular formula is C17H17NOS. The third-order valence-electron chi connectivity index (χ3n) is 3.22. The predicted molar refractivity (Wildman–Crippen MR) is 86.8 cm³/mol. The predicted octanol–water partition coefficient (Wildman–Crippen LogP) is 4.91. The molecule has 0 aliphatic rings. The molecule has 1 heterocycles. The van der Waals surface area contributed by atoms with Crippen LogP contribution in [-0.2, 0) is 6.54 Å². The van der Waals surface area contributed by atoms with Crippen LogP contribution in [0.25, 0.3) is 10.1 Å². The van der Waals surface area contributed by atoms with Crippen molar-refractivity contribution in [2.24, 2.45) is 0 Å². The Bertz CT molecular complexity index is 705. The third-order valence-corrected chi connectivity index (χ3v) is 4.23. The second-order valence-electron chi connectivity index (χ2n) is 4.54. The Morgan fingerprint density at radius 3 is 2.75 bits per heavy atom. The highest BCUT2D eigenvalue weighted by molar-refractivity contribution is 7.17. The average Bonchev–Trinajstić information content (AvgIpc) is 2.90. The Hall–Kier alpha value is -2.00. The molecule has 0 fully saturated rings. The fourth-order valence-corrected chi connectivity index (χ4v) is 3.22. The first-order valence-electron chi connectivity index (χ1n) is 6.79. The monoisotopic (exact) mass is 283 g/mol. The summed E-state index contributed by atoms with van der Waals surface area (Å²) in [7, 11) is 0. The summed E-state index contributed by atoms with van der Waals surface area (Å²) in [6, 6.07) is 16.6. The van der Waals surface area contributed by atoms with Crippen LogP contribution in [0.2, 0.25) is 0 Å². The van der Waals surface area contributed by atoms with E-state index in [4.69, 9.17) is 4.74 Å². The van der Waals surface area contributed by atoms with Gasteiger partial charge in [0.1, 0.15) is 5.75 Å². The number of nitrogens with one attached hydrogen (secondary N) is 1. The van der Waals surface area contributed by atoms with E-state index in [0.29, 0.717) is 6.61 Å². The summed E-state index contributed by atoms with van der Waals surface area (Å²) < 4.78 is 6.97. The van der Waals surface area contributed by atoms with Gasteiger partial charge in [-0.2, -0.15) is 0 Å². The second kappa shape index (κ2) is 5.97. The first-order valence-corrected chi connectivity index (χ1v) is 7.67. The molecule has 3 rings (SSSR count). The van der Waals surface area contributed by atoms with Gasteiger partial charge >= 0.3 is 0 Å². The molecule has 0 saturated carbocycles. The number of hydrogen-bond donors (Lipinski definition) is 1. The topological polar surface area (TPSA) is 21.3 Å². The highest BCUT2D eigenvalue weighted by atomic mass is 32.1. The first-order chi connectivity index (χ1) is 9.88. The zero-order chi connectivity index (χ0) is 13.8. The standard InChI is InChI=1S/C17H17NOS/c1-2-19-16-9-5-4-8-15(16)18-11-13-12-20-17-10-6-3-7-14(13)17/h3-10,12,18H,2,11H2,1H3. The lowest BCUT2D eigenvalue weighted by Crippen LogP contribution is -2.02. The van der Waals surface area contributed by atoms with Crippen molar-refractivity contribution in [3.8, 4) is 5.75 Å². The van der Waals surface area contributed by atoms with Gasteiger partial charge in [0.15, 0.2) is 0 Å². The van der Waals surface area contributed by atoms with Crippen molar-refractivity contribution in [2.75, 3.05) is 11.9 Å². The fraction of sp³-hybridized carbons (Fsp3) is 0.176. The summed E-state index contributed by atoms with van der Waals surface area (Å²) in [5, 5.41) is 7.03. The van der Waals surface area contributed by atoms with E-state index in [1.165, 1.54) is 15.6 Å². The summed E-state index contributed by atoms with van der Waals surface area (Å²) >= 11 is 1.79. The Kier molecular flexibility index (Phi) is 3.88. The van der Waals surface area contributed by atoms with Crippen LogP contribution in [0.3, 0.4) is 0 Å². The largest absolute Gasteiger partial charge is 0.492 e. The Morgan fingerprint density at radius 1 is 1.05 bits per heavy atom. The van der Waals surface area contributed by atoms with Crippen LogP contribution in [0.15, 0.2) is 53.9 Å². The summed E-state index contributed by atoms with van der Waals surface area (Å²) in [5.41, 5.74) is 2.38. The molecular weight excluding hydrogens is 266 g/mol. The van der Waals surface area contributed by atoms with E-state index in [0.717, 1.165) is 18.0 Å². The Labute approximate surface area is 123 Å². The molecule has 0 aliphatic carbocycles. The molecule has 0 atom stereocenters. The van der Waals surface area contributed by atoms with Crippen LogP contribution >= 0.6 is 11.3 Å². The number of hydrogen-bond acceptors (Lipinski definition) is 3. The molecule has 0 spiro atoms. The zero-order valence-electron chi connectivity index (χ0n) is 11.4. The minimum absolute atomic E-state index is 0.681. The number of rotatable bonds is 5. The van der Waals surface area contributed by atoms with Gasteiger partial charge in [0, 0.05) is 11.2 Å². The number of fused-ring (bicyclic) bond motifs is 1.